The van der Waals surface area contributed by atoms with Crippen LogP contribution in [0.1, 0.15) is 32.6 Å². The first-order valence-corrected chi connectivity index (χ1v) is 3.02. The summed E-state index contributed by atoms with van der Waals surface area (Å²) in [6.45, 7) is 2.12. The van der Waals surface area contributed by atoms with Gasteiger partial charge in [0.25, 0.3) is 0 Å². The molecule has 0 aliphatic heterocycles. The van der Waals surface area contributed by atoms with E-state index < -0.39 is 0 Å². The van der Waals surface area contributed by atoms with Crippen LogP contribution in [-0.4, -0.2) is 6.29 Å². The average Bonchev–Trinajstić information content (AvgIpc) is 1.81. The zero-order chi connectivity index (χ0) is 6.24. The molecule has 0 saturated carbocycles. The zero-order valence-corrected chi connectivity index (χ0v) is 5.22. The molecular formula is C6H12O2. The molecule has 0 unspecified atom stereocenters. The Balaban J connectivity index is 2.72. The van der Waals surface area contributed by atoms with Gasteiger partial charge in [0, 0.05) is 0 Å². The summed E-state index contributed by atoms with van der Waals surface area (Å²) < 4.78 is 3.51. The largest absolute Gasteiger partial charge is 0.463 e. The molecule has 0 aromatic heterocycles. The van der Waals surface area contributed by atoms with Gasteiger partial charge in [0.15, 0.2) is 0 Å². The molecule has 0 fully saturated rings. The van der Waals surface area contributed by atoms with Crippen molar-refractivity contribution >= 4 is 6.29 Å². The standard InChI is InChI=1S/C6H12O2/c1-2-3-4-5-6-8-7/h6H,2-5H2,1H3. The number of hydrogen-bond donors (Lipinski definition) is 0. The van der Waals surface area contributed by atoms with Crippen LogP contribution >= 0.6 is 0 Å². The van der Waals surface area contributed by atoms with Crippen molar-refractivity contribution in [1.82, 2.24) is 0 Å². The van der Waals surface area contributed by atoms with Crippen molar-refractivity contribution in [3.05, 3.63) is 0 Å². The Morgan fingerprint density at radius 3 is 2.75 bits per heavy atom. The van der Waals surface area contributed by atoms with E-state index in [1.807, 2.05) is 0 Å². The van der Waals surface area contributed by atoms with Crippen LogP contribution < -0.4 is 5.26 Å². The van der Waals surface area contributed by atoms with E-state index in [9.17, 15) is 5.26 Å². The van der Waals surface area contributed by atoms with Crippen molar-refractivity contribution < 1.29 is 9.83 Å². The average molecular weight is 116 g/mol. The molecule has 0 N–H and O–H groups in total. The molecular weight excluding hydrogens is 104 g/mol. The van der Waals surface area contributed by atoms with Gasteiger partial charge in [-0.15, -0.1) is 0 Å². The van der Waals surface area contributed by atoms with E-state index in [4.69, 9.17) is 0 Å². The number of rotatable bonds is 4. The van der Waals surface area contributed by atoms with Gasteiger partial charge >= 0.3 is 6.29 Å². The monoisotopic (exact) mass is 116 g/mol. The third kappa shape index (κ3) is 5.47. The van der Waals surface area contributed by atoms with Gasteiger partial charge in [0.05, 0.1) is 6.42 Å². The predicted molar refractivity (Wildman–Crippen MR) is 30.2 cm³/mol. The molecule has 0 aliphatic rings. The highest BCUT2D eigenvalue weighted by molar-refractivity contribution is 5.49. The van der Waals surface area contributed by atoms with Gasteiger partial charge in [-0.25, -0.2) is 0 Å². The van der Waals surface area contributed by atoms with Crippen molar-refractivity contribution in [2.75, 3.05) is 0 Å². The van der Waals surface area contributed by atoms with Crippen molar-refractivity contribution in [3.63, 3.8) is 0 Å². The highest BCUT2D eigenvalue weighted by Gasteiger charge is 1.85. The summed E-state index contributed by atoms with van der Waals surface area (Å²) in [6.07, 6.45) is 5.53. The van der Waals surface area contributed by atoms with Crippen LogP contribution in [0.4, 0.5) is 0 Å². The van der Waals surface area contributed by atoms with Gasteiger partial charge in [-0.2, -0.15) is 4.58 Å². The van der Waals surface area contributed by atoms with Gasteiger partial charge in [0.2, 0.25) is 0 Å². The van der Waals surface area contributed by atoms with Crippen LogP contribution in [0, 0.1) is 0 Å². The molecule has 8 heavy (non-hydrogen) atoms. The Morgan fingerprint density at radius 1 is 1.50 bits per heavy atom. The predicted octanol–water partition coefficient (Wildman–Crippen LogP) is 0.577. The molecule has 0 aromatic rings. The summed E-state index contributed by atoms with van der Waals surface area (Å²) in [5.74, 6) is 0. The minimum atomic E-state index is 0.789. The van der Waals surface area contributed by atoms with Crippen molar-refractivity contribution in [2.45, 2.75) is 32.6 Å². The molecule has 2 nitrogen and oxygen atoms in total. The summed E-state index contributed by atoms with van der Waals surface area (Å²) in [4.78, 5) is 0. The minimum absolute atomic E-state index is 0.789. The van der Waals surface area contributed by atoms with E-state index in [-0.39, 0.29) is 0 Å². The molecule has 0 spiro atoms. The van der Waals surface area contributed by atoms with E-state index >= 15 is 0 Å². The Bertz CT molecular complexity index is 59.5. The molecule has 0 aliphatic carbocycles. The fourth-order valence-corrected chi connectivity index (χ4v) is 0.526. The van der Waals surface area contributed by atoms with E-state index in [0.29, 0.717) is 0 Å². The fourth-order valence-electron chi connectivity index (χ4n) is 0.526. The highest BCUT2D eigenvalue weighted by Crippen LogP contribution is 1.94. The van der Waals surface area contributed by atoms with Gasteiger partial charge in [-0.05, 0) is 6.42 Å². The first-order chi connectivity index (χ1) is 3.91. The van der Waals surface area contributed by atoms with Crippen LogP contribution in [0.25, 0.3) is 0 Å². The SMILES string of the molecule is CCCCCC=[O+][O-]. The van der Waals surface area contributed by atoms with E-state index in [2.05, 4.69) is 11.5 Å². The molecule has 0 atom stereocenters. The number of carbonyl (C=O) groups excluding carboxylic acids is 1. The van der Waals surface area contributed by atoms with Gasteiger partial charge < -0.3 is 5.26 Å². The molecule has 0 amide bonds. The first kappa shape index (κ1) is 7.47. The molecule has 0 saturated heterocycles. The Hall–Kier alpha value is -0.530. The lowest BCUT2D eigenvalue weighted by Gasteiger charge is -1.84. The van der Waals surface area contributed by atoms with Crippen LogP contribution in [0.15, 0.2) is 0 Å². The smallest absolute Gasteiger partial charge is 0.318 e. The third-order valence-electron chi connectivity index (χ3n) is 0.994. The normalized spacial score (nSPS) is 10.6. The molecule has 0 radical (unpaired) electrons. The Morgan fingerprint density at radius 2 is 2.25 bits per heavy atom. The first-order valence-electron chi connectivity index (χ1n) is 3.02. The van der Waals surface area contributed by atoms with Crippen LogP contribution in [0.5, 0.6) is 0 Å². The van der Waals surface area contributed by atoms with Gasteiger partial charge in [0.1, 0.15) is 0 Å². The van der Waals surface area contributed by atoms with Crippen LogP contribution in [0.3, 0.4) is 0 Å². The van der Waals surface area contributed by atoms with E-state index in [1.54, 1.807) is 0 Å². The number of unbranched alkanes of at least 4 members (excludes halogenated alkanes) is 3. The summed E-state index contributed by atoms with van der Waals surface area (Å²) in [5.41, 5.74) is 0. The second-order valence-corrected chi connectivity index (χ2v) is 1.76. The molecule has 0 heterocycles. The van der Waals surface area contributed by atoms with E-state index in [1.165, 1.54) is 19.1 Å². The zero-order valence-electron chi connectivity index (χ0n) is 5.22. The molecule has 2 heteroatoms. The second kappa shape index (κ2) is 6.47. The second-order valence-electron chi connectivity index (χ2n) is 1.76. The van der Waals surface area contributed by atoms with Crippen molar-refractivity contribution in [1.29, 1.82) is 0 Å². The summed E-state index contributed by atoms with van der Waals surface area (Å²) in [6, 6.07) is 0. The van der Waals surface area contributed by atoms with Crippen LogP contribution in [-0.2, 0) is 4.58 Å². The lowest BCUT2D eigenvalue weighted by molar-refractivity contribution is -1.04. The van der Waals surface area contributed by atoms with E-state index in [0.717, 1.165) is 12.8 Å². The molecule has 0 rings (SSSR count). The lowest BCUT2D eigenvalue weighted by Crippen LogP contribution is -1.96. The molecule has 0 aromatic carbocycles. The summed E-state index contributed by atoms with van der Waals surface area (Å²) in [7, 11) is 0. The topological polar surface area (TPSA) is 34.4 Å². The highest BCUT2D eigenvalue weighted by atomic mass is 17.1. The molecule has 0 bridgehead atoms. The number of aldehydes is 1. The summed E-state index contributed by atoms with van der Waals surface area (Å²) in [5, 5.41) is 9.34. The minimum Gasteiger partial charge on any atom is -0.463 e. The maximum absolute atomic E-state index is 9.34. The fraction of sp³-hybridized carbons (Fsp3) is 0.833. The van der Waals surface area contributed by atoms with Crippen molar-refractivity contribution in [3.8, 4) is 0 Å². The quantitative estimate of drug-likeness (QED) is 0.174. The van der Waals surface area contributed by atoms with Gasteiger partial charge in [-0.3, -0.25) is 0 Å². The molecule has 48 valence electrons. The maximum atomic E-state index is 9.34. The maximum Gasteiger partial charge on any atom is 0.318 e. The van der Waals surface area contributed by atoms with Crippen LogP contribution in [0.2, 0.25) is 0 Å². The Kier molecular flexibility index (Phi) is 6.04. The number of hydrogen-bond acceptors (Lipinski definition) is 1. The van der Waals surface area contributed by atoms with Gasteiger partial charge in [-0.1, -0.05) is 19.8 Å². The Labute approximate surface area is 49.8 Å². The van der Waals surface area contributed by atoms with Crippen molar-refractivity contribution in [2.24, 2.45) is 0 Å². The lowest BCUT2D eigenvalue weighted by atomic mass is 10.2. The summed E-state index contributed by atoms with van der Waals surface area (Å²) >= 11 is 0. The third-order valence-corrected chi connectivity index (χ3v) is 0.994.